The molecular formula is C15H15NO3. The van der Waals surface area contributed by atoms with Gasteiger partial charge in [0.2, 0.25) is 0 Å². The van der Waals surface area contributed by atoms with Gasteiger partial charge < -0.3 is 9.57 Å². The van der Waals surface area contributed by atoms with Crippen LogP contribution in [0.3, 0.4) is 0 Å². The van der Waals surface area contributed by atoms with Crippen molar-refractivity contribution in [1.29, 1.82) is 0 Å². The minimum Gasteiger partial charge on any atom is -0.497 e. The minimum atomic E-state index is -0.589. The number of hydrogen-bond acceptors (Lipinski definition) is 4. The van der Waals surface area contributed by atoms with Gasteiger partial charge in [0, 0.05) is 25.3 Å². The van der Waals surface area contributed by atoms with E-state index >= 15 is 0 Å². The van der Waals surface area contributed by atoms with E-state index in [9.17, 15) is 4.79 Å². The van der Waals surface area contributed by atoms with Crippen LogP contribution in [0.25, 0.3) is 0 Å². The smallest absolute Gasteiger partial charge is 0.200 e. The Bertz CT molecular complexity index is 562. The van der Waals surface area contributed by atoms with E-state index in [0.717, 1.165) is 11.3 Å². The highest BCUT2D eigenvalue weighted by Crippen LogP contribution is 2.40. The lowest BCUT2D eigenvalue weighted by Crippen LogP contribution is -2.36. The Kier molecular flexibility index (Phi) is 2.85. The van der Waals surface area contributed by atoms with Gasteiger partial charge in [-0.05, 0) is 5.56 Å². The van der Waals surface area contributed by atoms with Crippen molar-refractivity contribution in [2.75, 3.05) is 7.11 Å². The van der Waals surface area contributed by atoms with Crippen molar-refractivity contribution < 1.29 is 14.4 Å². The second-order valence-corrected chi connectivity index (χ2v) is 4.85. The molecule has 1 aromatic carbocycles. The molecule has 1 aliphatic heterocycles. The number of rotatable bonds is 2. The third-order valence-electron chi connectivity index (χ3n) is 3.63. The Morgan fingerprint density at radius 2 is 2.11 bits per heavy atom. The first kappa shape index (κ1) is 12.0. The summed E-state index contributed by atoms with van der Waals surface area (Å²) in [6.07, 6.45) is 3.27. The molecule has 0 radical (unpaired) electrons. The van der Waals surface area contributed by atoms with E-state index in [1.165, 1.54) is 6.08 Å². The fraction of sp³-hybridized carbons (Fsp3) is 0.333. The normalized spacial score (nSPS) is 25.8. The molecule has 2 aliphatic rings. The van der Waals surface area contributed by atoms with E-state index in [2.05, 4.69) is 5.16 Å². The molecule has 0 fully saturated rings. The number of allylic oxidation sites excluding steroid dienone is 1. The molecule has 1 aliphatic carbocycles. The number of oxime groups is 1. The highest BCUT2D eigenvalue weighted by Gasteiger charge is 2.46. The lowest BCUT2D eigenvalue weighted by molar-refractivity contribution is -0.119. The van der Waals surface area contributed by atoms with Gasteiger partial charge in [0.25, 0.3) is 0 Å². The SMILES string of the molecule is COC1=CC(=O)CCC12CC(c1ccccc1)=NO2. The average Bonchev–Trinajstić information content (AvgIpc) is 2.88. The highest BCUT2D eigenvalue weighted by molar-refractivity contribution is 6.02. The molecule has 0 N–H and O–H groups in total. The molecule has 1 atom stereocenters. The zero-order chi connectivity index (χ0) is 13.3. The Labute approximate surface area is 111 Å². The van der Waals surface area contributed by atoms with Crippen LogP contribution in [0.4, 0.5) is 0 Å². The van der Waals surface area contributed by atoms with Crippen molar-refractivity contribution in [3.63, 3.8) is 0 Å². The van der Waals surface area contributed by atoms with Crippen LogP contribution in [0.5, 0.6) is 0 Å². The van der Waals surface area contributed by atoms with Gasteiger partial charge in [-0.15, -0.1) is 0 Å². The number of benzene rings is 1. The van der Waals surface area contributed by atoms with Crippen LogP contribution < -0.4 is 0 Å². The second kappa shape index (κ2) is 4.53. The second-order valence-electron chi connectivity index (χ2n) is 4.85. The highest BCUT2D eigenvalue weighted by atomic mass is 16.7. The Balaban J connectivity index is 1.87. The molecule has 1 unspecified atom stereocenters. The van der Waals surface area contributed by atoms with Crippen LogP contribution >= 0.6 is 0 Å². The van der Waals surface area contributed by atoms with Crippen molar-refractivity contribution in [3.05, 3.63) is 47.7 Å². The molecule has 0 aromatic heterocycles. The van der Waals surface area contributed by atoms with Gasteiger partial charge >= 0.3 is 0 Å². The molecule has 98 valence electrons. The van der Waals surface area contributed by atoms with Gasteiger partial charge in [-0.2, -0.15) is 0 Å². The molecule has 1 spiro atoms. The van der Waals surface area contributed by atoms with E-state index < -0.39 is 5.60 Å². The Morgan fingerprint density at radius 1 is 1.32 bits per heavy atom. The van der Waals surface area contributed by atoms with Crippen molar-refractivity contribution >= 4 is 11.5 Å². The molecular weight excluding hydrogens is 242 g/mol. The summed E-state index contributed by atoms with van der Waals surface area (Å²) in [5.41, 5.74) is 1.36. The summed E-state index contributed by atoms with van der Waals surface area (Å²) in [5, 5.41) is 4.19. The number of nitrogens with zero attached hydrogens (tertiary/aromatic N) is 1. The average molecular weight is 257 g/mol. The van der Waals surface area contributed by atoms with Crippen LogP contribution in [0.1, 0.15) is 24.8 Å². The predicted molar refractivity (Wildman–Crippen MR) is 70.7 cm³/mol. The first-order chi connectivity index (χ1) is 9.23. The van der Waals surface area contributed by atoms with Gasteiger partial charge in [0.05, 0.1) is 12.8 Å². The van der Waals surface area contributed by atoms with Gasteiger partial charge in [-0.25, -0.2) is 0 Å². The Hall–Kier alpha value is -2.10. The zero-order valence-electron chi connectivity index (χ0n) is 10.8. The van der Waals surface area contributed by atoms with Crippen molar-refractivity contribution in [2.45, 2.75) is 24.9 Å². The van der Waals surface area contributed by atoms with Crippen LogP contribution in [-0.2, 0) is 14.4 Å². The monoisotopic (exact) mass is 257 g/mol. The molecule has 4 nitrogen and oxygen atoms in total. The lowest BCUT2D eigenvalue weighted by atomic mass is 9.83. The van der Waals surface area contributed by atoms with Gasteiger partial charge in [0.15, 0.2) is 11.4 Å². The summed E-state index contributed by atoms with van der Waals surface area (Å²) in [6, 6.07) is 9.92. The standard InChI is InChI=1S/C15H15NO3/c1-18-14-9-12(17)7-8-15(14)10-13(16-19-15)11-5-3-2-4-6-11/h2-6,9H,7-8,10H2,1H3. The summed E-state index contributed by atoms with van der Waals surface area (Å²) in [7, 11) is 1.57. The molecule has 0 amide bonds. The van der Waals surface area contributed by atoms with E-state index in [1.54, 1.807) is 7.11 Å². The third kappa shape index (κ3) is 2.03. The minimum absolute atomic E-state index is 0.0826. The largest absolute Gasteiger partial charge is 0.497 e. The number of hydrogen-bond donors (Lipinski definition) is 0. The molecule has 0 saturated heterocycles. The fourth-order valence-electron chi connectivity index (χ4n) is 2.57. The molecule has 4 heteroatoms. The topological polar surface area (TPSA) is 47.9 Å². The summed E-state index contributed by atoms with van der Waals surface area (Å²) in [6.45, 7) is 0. The van der Waals surface area contributed by atoms with E-state index in [0.29, 0.717) is 25.0 Å². The van der Waals surface area contributed by atoms with Crippen molar-refractivity contribution in [2.24, 2.45) is 5.16 Å². The van der Waals surface area contributed by atoms with Gasteiger partial charge in [-0.1, -0.05) is 35.5 Å². The summed E-state index contributed by atoms with van der Waals surface area (Å²) < 4.78 is 5.33. The lowest BCUT2D eigenvalue weighted by Gasteiger charge is -2.30. The number of carbonyl (C=O) groups excluding carboxylic acids is 1. The molecule has 0 bridgehead atoms. The molecule has 0 saturated carbocycles. The van der Waals surface area contributed by atoms with Crippen LogP contribution in [-0.4, -0.2) is 24.2 Å². The van der Waals surface area contributed by atoms with Gasteiger partial charge in [0.1, 0.15) is 5.76 Å². The number of methoxy groups -OCH3 is 1. The van der Waals surface area contributed by atoms with Gasteiger partial charge in [-0.3, -0.25) is 4.79 Å². The quantitative estimate of drug-likeness (QED) is 0.817. The fourth-order valence-corrected chi connectivity index (χ4v) is 2.57. The maximum Gasteiger partial charge on any atom is 0.200 e. The predicted octanol–water partition coefficient (Wildman–Crippen LogP) is 2.44. The molecule has 3 rings (SSSR count). The van der Waals surface area contributed by atoms with Crippen LogP contribution in [0, 0.1) is 0 Å². The van der Waals surface area contributed by atoms with Crippen LogP contribution in [0.2, 0.25) is 0 Å². The molecule has 1 aromatic rings. The van der Waals surface area contributed by atoms with E-state index in [-0.39, 0.29) is 5.78 Å². The number of carbonyl (C=O) groups is 1. The molecule has 1 heterocycles. The first-order valence-electron chi connectivity index (χ1n) is 6.33. The number of ketones is 1. The van der Waals surface area contributed by atoms with E-state index in [4.69, 9.17) is 9.57 Å². The maximum atomic E-state index is 11.5. The maximum absolute atomic E-state index is 11.5. The van der Waals surface area contributed by atoms with Crippen molar-refractivity contribution in [1.82, 2.24) is 0 Å². The van der Waals surface area contributed by atoms with E-state index in [1.807, 2.05) is 30.3 Å². The molecule has 19 heavy (non-hydrogen) atoms. The Morgan fingerprint density at radius 3 is 2.84 bits per heavy atom. The first-order valence-corrected chi connectivity index (χ1v) is 6.33. The summed E-state index contributed by atoms with van der Waals surface area (Å²) >= 11 is 0. The zero-order valence-corrected chi connectivity index (χ0v) is 10.8. The number of ether oxygens (including phenoxy) is 1. The summed E-state index contributed by atoms with van der Waals surface area (Å²) in [5.74, 6) is 0.665. The van der Waals surface area contributed by atoms with Crippen molar-refractivity contribution in [3.8, 4) is 0 Å². The van der Waals surface area contributed by atoms with Crippen LogP contribution in [0.15, 0.2) is 47.3 Å². The summed E-state index contributed by atoms with van der Waals surface area (Å²) in [4.78, 5) is 17.1. The third-order valence-corrected chi connectivity index (χ3v) is 3.63.